The minimum absolute atomic E-state index is 0.0396. The molecule has 4 rings (SSSR count). The SMILES string of the molecule is COc1ccc(C(=O)Nc2nnc(CC(=O)N/N=C\c3ccccc3OCc3ccc(Cl)cc3)s2)cc1. The van der Waals surface area contributed by atoms with Gasteiger partial charge in [0.1, 0.15) is 23.1 Å². The zero-order valence-electron chi connectivity index (χ0n) is 19.7. The number of carbonyl (C=O) groups is 2. The van der Waals surface area contributed by atoms with Crippen LogP contribution in [0.3, 0.4) is 0 Å². The Morgan fingerprint density at radius 1 is 1.03 bits per heavy atom. The highest BCUT2D eigenvalue weighted by molar-refractivity contribution is 7.15. The number of nitrogens with one attached hydrogen (secondary N) is 2. The van der Waals surface area contributed by atoms with Crippen molar-refractivity contribution in [1.82, 2.24) is 15.6 Å². The van der Waals surface area contributed by atoms with Gasteiger partial charge in [0.2, 0.25) is 11.0 Å². The summed E-state index contributed by atoms with van der Waals surface area (Å²) < 4.78 is 11.0. The van der Waals surface area contributed by atoms with E-state index in [-0.39, 0.29) is 18.2 Å². The molecule has 0 saturated carbocycles. The lowest BCUT2D eigenvalue weighted by atomic mass is 10.2. The molecule has 1 aromatic heterocycles. The van der Waals surface area contributed by atoms with Crippen LogP contribution in [-0.4, -0.2) is 35.3 Å². The summed E-state index contributed by atoms with van der Waals surface area (Å²) in [5.41, 5.74) is 4.60. The maximum atomic E-state index is 12.4. The van der Waals surface area contributed by atoms with Crippen molar-refractivity contribution in [3.05, 3.63) is 99.5 Å². The van der Waals surface area contributed by atoms with Crippen molar-refractivity contribution < 1.29 is 19.1 Å². The number of carbonyl (C=O) groups excluding carboxylic acids is 2. The first-order chi connectivity index (χ1) is 18.0. The van der Waals surface area contributed by atoms with E-state index in [9.17, 15) is 9.59 Å². The summed E-state index contributed by atoms with van der Waals surface area (Å²) >= 11 is 7.03. The third-order valence-electron chi connectivity index (χ3n) is 4.97. The predicted octanol–water partition coefficient (Wildman–Crippen LogP) is 4.72. The molecule has 9 nitrogen and oxygen atoms in total. The van der Waals surface area contributed by atoms with Gasteiger partial charge in [-0.15, -0.1) is 10.2 Å². The Morgan fingerprint density at radius 3 is 2.54 bits per heavy atom. The molecule has 2 amide bonds. The minimum atomic E-state index is -0.375. The predicted molar refractivity (Wildman–Crippen MR) is 143 cm³/mol. The van der Waals surface area contributed by atoms with E-state index in [1.807, 2.05) is 36.4 Å². The number of hydrogen-bond donors (Lipinski definition) is 2. The Balaban J connectivity index is 1.27. The van der Waals surface area contributed by atoms with E-state index in [2.05, 4.69) is 26.0 Å². The van der Waals surface area contributed by atoms with E-state index in [1.165, 1.54) is 6.21 Å². The van der Waals surface area contributed by atoms with Crippen molar-refractivity contribution in [3.8, 4) is 11.5 Å². The van der Waals surface area contributed by atoms with Crippen molar-refractivity contribution in [2.24, 2.45) is 5.10 Å². The molecule has 4 aromatic rings. The van der Waals surface area contributed by atoms with E-state index < -0.39 is 0 Å². The molecule has 0 aliphatic heterocycles. The van der Waals surface area contributed by atoms with Gasteiger partial charge in [0, 0.05) is 16.1 Å². The van der Waals surface area contributed by atoms with Gasteiger partial charge in [-0.3, -0.25) is 14.9 Å². The van der Waals surface area contributed by atoms with Crippen LogP contribution in [0.2, 0.25) is 5.02 Å². The Hall–Kier alpha value is -4.28. The Bertz CT molecular complexity index is 1390. The van der Waals surface area contributed by atoms with Gasteiger partial charge in [0.25, 0.3) is 5.91 Å². The van der Waals surface area contributed by atoms with E-state index in [0.29, 0.717) is 44.4 Å². The molecule has 0 aliphatic rings. The van der Waals surface area contributed by atoms with Crippen LogP contribution in [0.1, 0.15) is 26.5 Å². The number of hydrazone groups is 1. The first kappa shape index (κ1) is 25.8. The normalized spacial score (nSPS) is 10.8. The largest absolute Gasteiger partial charge is 0.497 e. The Labute approximate surface area is 222 Å². The minimum Gasteiger partial charge on any atom is -0.497 e. The molecule has 0 unspecified atom stereocenters. The number of methoxy groups -OCH3 is 1. The standard InChI is InChI=1S/C26H22ClN5O4S/c1-35-21-12-8-18(9-13-21)25(34)29-26-32-31-24(37-26)14-23(33)30-28-15-19-4-2-3-5-22(19)36-16-17-6-10-20(27)11-7-17/h2-13,15H,14,16H2,1H3,(H,30,33)(H,29,32,34)/b28-15-. The highest BCUT2D eigenvalue weighted by Crippen LogP contribution is 2.20. The smallest absolute Gasteiger partial charge is 0.257 e. The molecule has 1 heterocycles. The number of benzene rings is 3. The molecule has 0 fully saturated rings. The number of nitrogens with zero attached hydrogens (tertiary/aromatic N) is 3. The van der Waals surface area contributed by atoms with E-state index >= 15 is 0 Å². The first-order valence-electron chi connectivity index (χ1n) is 11.1. The van der Waals surface area contributed by atoms with Crippen molar-refractivity contribution in [2.75, 3.05) is 12.4 Å². The average Bonchev–Trinajstić information content (AvgIpc) is 3.35. The lowest BCUT2D eigenvalue weighted by molar-refractivity contribution is -0.120. The number of hydrogen-bond acceptors (Lipinski definition) is 8. The summed E-state index contributed by atoms with van der Waals surface area (Å²) in [6, 6.07) is 21.4. The number of ether oxygens (including phenoxy) is 2. The van der Waals surface area contributed by atoms with Crippen molar-refractivity contribution in [2.45, 2.75) is 13.0 Å². The van der Waals surface area contributed by atoms with Gasteiger partial charge in [-0.1, -0.05) is 47.2 Å². The number of halogens is 1. The molecule has 2 N–H and O–H groups in total. The second-order valence-electron chi connectivity index (χ2n) is 7.61. The summed E-state index contributed by atoms with van der Waals surface area (Å²) in [5.74, 6) is 0.561. The van der Waals surface area contributed by atoms with Crippen LogP contribution >= 0.6 is 22.9 Å². The molecule has 0 atom stereocenters. The second-order valence-corrected chi connectivity index (χ2v) is 9.11. The average molecular weight is 536 g/mol. The van der Waals surface area contributed by atoms with Crippen molar-refractivity contribution in [3.63, 3.8) is 0 Å². The Kier molecular flexibility index (Phi) is 8.79. The van der Waals surface area contributed by atoms with Crippen molar-refractivity contribution in [1.29, 1.82) is 0 Å². The third-order valence-corrected chi connectivity index (χ3v) is 6.06. The van der Waals surface area contributed by atoms with Crippen LogP contribution in [0.15, 0.2) is 77.9 Å². The molecule has 11 heteroatoms. The second kappa shape index (κ2) is 12.6. The molecular formula is C26H22ClN5O4S. The summed E-state index contributed by atoms with van der Waals surface area (Å²) in [6.45, 7) is 0.364. The third kappa shape index (κ3) is 7.60. The first-order valence-corrected chi connectivity index (χ1v) is 12.3. The van der Waals surface area contributed by atoms with Crippen LogP contribution in [0, 0.1) is 0 Å². The monoisotopic (exact) mass is 535 g/mol. The number of anilines is 1. The number of rotatable bonds is 10. The fraction of sp³-hybridized carbons (Fsp3) is 0.115. The molecular weight excluding hydrogens is 514 g/mol. The number of amides is 2. The maximum Gasteiger partial charge on any atom is 0.257 e. The molecule has 0 aliphatic carbocycles. The van der Waals surface area contributed by atoms with Crippen LogP contribution < -0.4 is 20.2 Å². The quantitative estimate of drug-likeness (QED) is 0.224. The summed E-state index contributed by atoms with van der Waals surface area (Å²) in [6.07, 6.45) is 1.47. The Morgan fingerprint density at radius 2 is 1.78 bits per heavy atom. The molecule has 3 aromatic carbocycles. The fourth-order valence-electron chi connectivity index (χ4n) is 3.10. The van der Waals surface area contributed by atoms with E-state index in [1.54, 1.807) is 43.5 Å². The lowest BCUT2D eigenvalue weighted by Crippen LogP contribution is -2.19. The topological polar surface area (TPSA) is 115 Å². The highest BCUT2D eigenvalue weighted by Gasteiger charge is 2.13. The van der Waals surface area contributed by atoms with Crippen LogP contribution in [-0.2, 0) is 17.8 Å². The van der Waals surface area contributed by atoms with Gasteiger partial charge in [-0.2, -0.15) is 5.10 Å². The summed E-state index contributed by atoms with van der Waals surface area (Å²) in [4.78, 5) is 24.7. The van der Waals surface area contributed by atoms with Gasteiger partial charge >= 0.3 is 0 Å². The summed E-state index contributed by atoms with van der Waals surface area (Å²) in [5, 5.41) is 16.0. The summed E-state index contributed by atoms with van der Waals surface area (Å²) in [7, 11) is 1.55. The van der Waals surface area contributed by atoms with Crippen LogP contribution in [0.25, 0.3) is 0 Å². The van der Waals surface area contributed by atoms with E-state index in [0.717, 1.165) is 16.9 Å². The molecule has 0 bridgehead atoms. The molecule has 0 saturated heterocycles. The van der Waals surface area contributed by atoms with Crippen LogP contribution in [0.5, 0.6) is 11.5 Å². The zero-order chi connectivity index (χ0) is 26.0. The van der Waals surface area contributed by atoms with Crippen LogP contribution in [0.4, 0.5) is 5.13 Å². The van der Waals surface area contributed by atoms with Gasteiger partial charge in [-0.05, 0) is 54.1 Å². The molecule has 0 radical (unpaired) electrons. The van der Waals surface area contributed by atoms with Gasteiger partial charge in [0.15, 0.2) is 0 Å². The van der Waals surface area contributed by atoms with Crippen molar-refractivity contribution >= 4 is 46.1 Å². The van der Waals surface area contributed by atoms with Gasteiger partial charge < -0.3 is 9.47 Å². The number of aromatic nitrogens is 2. The zero-order valence-corrected chi connectivity index (χ0v) is 21.3. The highest BCUT2D eigenvalue weighted by atomic mass is 35.5. The maximum absolute atomic E-state index is 12.4. The van der Waals surface area contributed by atoms with E-state index in [4.69, 9.17) is 21.1 Å². The lowest BCUT2D eigenvalue weighted by Gasteiger charge is -2.09. The van der Waals surface area contributed by atoms with Gasteiger partial charge in [-0.25, -0.2) is 5.43 Å². The van der Waals surface area contributed by atoms with Gasteiger partial charge in [0.05, 0.1) is 19.7 Å². The molecule has 0 spiro atoms. The molecule has 188 valence electrons. The number of para-hydroxylation sites is 1. The molecule has 37 heavy (non-hydrogen) atoms. The fourth-order valence-corrected chi connectivity index (χ4v) is 3.96.